The van der Waals surface area contributed by atoms with Gasteiger partial charge in [0, 0.05) is 6.20 Å². The Morgan fingerprint density at radius 3 is 3.06 bits per heavy atom. The molecule has 0 aliphatic rings. The lowest BCUT2D eigenvalue weighted by molar-refractivity contribution is 0.0696. The van der Waals surface area contributed by atoms with Gasteiger partial charge in [0.05, 0.1) is 16.0 Å². The van der Waals surface area contributed by atoms with Crippen molar-refractivity contribution in [2.75, 3.05) is 0 Å². The van der Waals surface area contributed by atoms with Crippen LogP contribution in [0.4, 0.5) is 0 Å². The van der Waals surface area contributed by atoms with E-state index >= 15 is 0 Å². The number of aromatic amines is 1. The van der Waals surface area contributed by atoms with Crippen LogP contribution in [0.25, 0.3) is 21.9 Å². The van der Waals surface area contributed by atoms with E-state index in [1.54, 1.807) is 11.3 Å². The Kier molecular flexibility index (Phi) is 2.15. The van der Waals surface area contributed by atoms with Crippen molar-refractivity contribution >= 4 is 28.5 Å². The first-order valence-electron chi connectivity index (χ1n) is 4.87. The predicted octanol–water partition coefficient (Wildman–Crippen LogP) is 2.38. The number of imidazole rings is 1. The maximum absolute atomic E-state index is 10.8. The van der Waals surface area contributed by atoms with Crippen LogP contribution in [0.1, 0.15) is 10.4 Å². The number of carbonyl (C=O) groups is 1. The second-order valence-corrected chi connectivity index (χ2v) is 4.41. The molecule has 3 heterocycles. The summed E-state index contributed by atoms with van der Waals surface area (Å²) >= 11 is 1.56. The molecule has 17 heavy (non-hydrogen) atoms. The predicted molar refractivity (Wildman–Crippen MR) is 64.2 cm³/mol. The second kappa shape index (κ2) is 3.67. The molecule has 0 spiro atoms. The Labute approximate surface area is 99.8 Å². The van der Waals surface area contributed by atoms with Gasteiger partial charge in [0.2, 0.25) is 0 Å². The molecular weight excluding hydrogens is 238 g/mol. The van der Waals surface area contributed by atoms with Crippen LogP contribution in [-0.2, 0) is 0 Å². The summed E-state index contributed by atoms with van der Waals surface area (Å²) in [5, 5.41) is 10.8. The Balaban J connectivity index is 2.16. The summed E-state index contributed by atoms with van der Waals surface area (Å²) in [6.45, 7) is 0. The topological polar surface area (TPSA) is 78.9 Å². The van der Waals surface area contributed by atoms with Crippen molar-refractivity contribution in [1.29, 1.82) is 0 Å². The maximum atomic E-state index is 10.8. The first-order chi connectivity index (χ1) is 8.24. The minimum absolute atomic E-state index is 0.152. The van der Waals surface area contributed by atoms with Gasteiger partial charge in [0.15, 0.2) is 5.65 Å². The van der Waals surface area contributed by atoms with Crippen molar-refractivity contribution < 1.29 is 9.90 Å². The standard InChI is InChI=1S/C11H7N3O2S/c15-11(16)6-4-7-9(12-5-6)14-10(13-7)8-2-1-3-17-8/h1-5H,(H,15,16)(H,12,13,14). The Hall–Kier alpha value is -2.21. The van der Waals surface area contributed by atoms with Gasteiger partial charge in [-0.3, -0.25) is 0 Å². The molecule has 0 aromatic carbocycles. The molecule has 3 aromatic rings. The number of fused-ring (bicyclic) bond motifs is 1. The van der Waals surface area contributed by atoms with Crippen LogP contribution in [0.5, 0.6) is 0 Å². The van der Waals surface area contributed by atoms with E-state index in [0.29, 0.717) is 17.0 Å². The number of aromatic carboxylic acids is 1. The summed E-state index contributed by atoms with van der Waals surface area (Å²) in [6.07, 6.45) is 1.31. The van der Waals surface area contributed by atoms with E-state index in [9.17, 15) is 4.79 Å². The highest BCUT2D eigenvalue weighted by atomic mass is 32.1. The molecule has 2 N–H and O–H groups in total. The van der Waals surface area contributed by atoms with Crippen molar-refractivity contribution in [3.8, 4) is 10.7 Å². The average Bonchev–Trinajstić information content (AvgIpc) is 2.96. The summed E-state index contributed by atoms with van der Waals surface area (Å²) in [7, 11) is 0. The van der Waals surface area contributed by atoms with Gasteiger partial charge in [-0.05, 0) is 17.5 Å². The van der Waals surface area contributed by atoms with Gasteiger partial charge in [-0.1, -0.05) is 6.07 Å². The highest BCUT2D eigenvalue weighted by Crippen LogP contribution is 2.23. The molecule has 5 nitrogen and oxygen atoms in total. The molecule has 84 valence electrons. The fourth-order valence-electron chi connectivity index (χ4n) is 1.55. The van der Waals surface area contributed by atoms with Crippen molar-refractivity contribution in [3.63, 3.8) is 0 Å². The zero-order valence-corrected chi connectivity index (χ0v) is 9.36. The van der Waals surface area contributed by atoms with Crippen LogP contribution in [0.15, 0.2) is 29.8 Å². The van der Waals surface area contributed by atoms with E-state index < -0.39 is 5.97 Å². The van der Waals surface area contributed by atoms with E-state index in [0.717, 1.165) is 4.88 Å². The first kappa shape index (κ1) is 9.98. The normalized spacial score (nSPS) is 10.8. The van der Waals surface area contributed by atoms with Gasteiger partial charge in [-0.2, -0.15) is 0 Å². The van der Waals surface area contributed by atoms with Crippen LogP contribution >= 0.6 is 11.3 Å². The van der Waals surface area contributed by atoms with E-state index in [1.807, 2.05) is 17.5 Å². The number of H-pyrrole nitrogens is 1. The highest BCUT2D eigenvalue weighted by Gasteiger charge is 2.10. The number of hydrogen-bond donors (Lipinski definition) is 2. The first-order valence-corrected chi connectivity index (χ1v) is 5.75. The van der Waals surface area contributed by atoms with Crippen molar-refractivity contribution in [1.82, 2.24) is 15.0 Å². The molecule has 0 saturated heterocycles. The summed E-state index contributed by atoms with van der Waals surface area (Å²) in [5.41, 5.74) is 1.31. The third-order valence-corrected chi connectivity index (χ3v) is 3.22. The van der Waals surface area contributed by atoms with Crippen molar-refractivity contribution in [3.05, 3.63) is 35.3 Å². The molecular formula is C11H7N3O2S. The van der Waals surface area contributed by atoms with Gasteiger partial charge >= 0.3 is 5.97 Å². The maximum Gasteiger partial charge on any atom is 0.337 e. The van der Waals surface area contributed by atoms with Crippen LogP contribution in [0, 0.1) is 0 Å². The summed E-state index contributed by atoms with van der Waals surface area (Å²) < 4.78 is 0. The van der Waals surface area contributed by atoms with Gasteiger partial charge in [0.25, 0.3) is 0 Å². The molecule has 0 atom stereocenters. The van der Waals surface area contributed by atoms with Gasteiger partial charge in [0.1, 0.15) is 5.82 Å². The number of rotatable bonds is 2. The molecule has 0 aliphatic carbocycles. The minimum atomic E-state index is -0.994. The summed E-state index contributed by atoms with van der Waals surface area (Å²) in [4.78, 5) is 23.2. The highest BCUT2D eigenvalue weighted by molar-refractivity contribution is 7.13. The molecule has 3 aromatic heterocycles. The fraction of sp³-hybridized carbons (Fsp3) is 0. The number of carboxylic acid groups (broad SMARTS) is 1. The summed E-state index contributed by atoms with van der Waals surface area (Å²) in [5.74, 6) is -0.281. The molecule has 0 radical (unpaired) electrons. The fourth-order valence-corrected chi connectivity index (χ4v) is 2.22. The molecule has 0 fully saturated rings. The molecule has 0 amide bonds. The zero-order chi connectivity index (χ0) is 11.8. The number of nitrogens with zero attached hydrogens (tertiary/aromatic N) is 2. The number of aromatic nitrogens is 3. The van der Waals surface area contributed by atoms with Crippen LogP contribution in [-0.4, -0.2) is 26.0 Å². The number of thiophene rings is 1. The van der Waals surface area contributed by atoms with E-state index in [4.69, 9.17) is 5.11 Å². The number of pyridine rings is 1. The van der Waals surface area contributed by atoms with E-state index in [2.05, 4.69) is 15.0 Å². The van der Waals surface area contributed by atoms with Crippen LogP contribution in [0.2, 0.25) is 0 Å². The van der Waals surface area contributed by atoms with Crippen molar-refractivity contribution in [2.45, 2.75) is 0 Å². The lowest BCUT2D eigenvalue weighted by Crippen LogP contribution is -1.96. The third-order valence-electron chi connectivity index (χ3n) is 2.34. The lowest BCUT2D eigenvalue weighted by atomic mass is 10.3. The van der Waals surface area contributed by atoms with Gasteiger partial charge < -0.3 is 10.1 Å². The molecule has 0 unspecified atom stereocenters. The molecule has 6 heteroatoms. The summed E-state index contributed by atoms with van der Waals surface area (Å²) in [6, 6.07) is 5.42. The Morgan fingerprint density at radius 1 is 1.47 bits per heavy atom. The SMILES string of the molecule is O=C(O)c1cnc2nc(-c3cccs3)[nH]c2c1. The Morgan fingerprint density at radius 2 is 2.35 bits per heavy atom. The van der Waals surface area contributed by atoms with E-state index in [-0.39, 0.29) is 5.56 Å². The van der Waals surface area contributed by atoms with E-state index in [1.165, 1.54) is 12.3 Å². The molecule has 0 bridgehead atoms. The molecule has 0 aliphatic heterocycles. The third kappa shape index (κ3) is 1.68. The molecule has 3 rings (SSSR count). The van der Waals surface area contributed by atoms with Gasteiger partial charge in [-0.15, -0.1) is 11.3 Å². The Bertz CT molecular complexity index is 688. The monoisotopic (exact) mass is 245 g/mol. The van der Waals surface area contributed by atoms with Crippen molar-refractivity contribution in [2.24, 2.45) is 0 Å². The lowest BCUT2D eigenvalue weighted by Gasteiger charge is -1.91. The van der Waals surface area contributed by atoms with Gasteiger partial charge in [-0.25, -0.2) is 14.8 Å². The smallest absolute Gasteiger partial charge is 0.337 e. The largest absolute Gasteiger partial charge is 0.478 e. The number of carboxylic acids is 1. The molecule has 0 saturated carbocycles. The van der Waals surface area contributed by atoms with Crippen LogP contribution in [0.3, 0.4) is 0 Å². The quantitative estimate of drug-likeness (QED) is 0.726. The number of hydrogen-bond acceptors (Lipinski definition) is 4. The van der Waals surface area contributed by atoms with Crippen LogP contribution < -0.4 is 0 Å². The average molecular weight is 245 g/mol. The number of nitrogens with one attached hydrogen (secondary N) is 1. The minimum Gasteiger partial charge on any atom is -0.478 e. The zero-order valence-electron chi connectivity index (χ0n) is 8.54. The second-order valence-electron chi connectivity index (χ2n) is 3.46.